The first kappa shape index (κ1) is 16.2. The minimum absolute atomic E-state index is 0.0235. The van der Waals surface area contributed by atoms with Crippen molar-refractivity contribution in [3.05, 3.63) is 66.2 Å². The van der Waals surface area contributed by atoms with Crippen molar-refractivity contribution in [2.45, 2.75) is 50.7 Å². The fourth-order valence-electron chi connectivity index (χ4n) is 4.30. The summed E-state index contributed by atoms with van der Waals surface area (Å²) in [7, 11) is 0. The van der Waals surface area contributed by atoms with E-state index < -0.39 is 11.8 Å². The molecule has 0 aliphatic carbocycles. The first-order valence-electron chi connectivity index (χ1n) is 8.74. The molecule has 0 aromatic heterocycles. The molecule has 25 heavy (non-hydrogen) atoms. The second-order valence-corrected chi connectivity index (χ2v) is 7.49. The summed E-state index contributed by atoms with van der Waals surface area (Å²) in [5.41, 5.74) is -0.216. The average Bonchev–Trinajstić information content (AvgIpc) is 2.59. The number of hydrogen-bond acceptors (Lipinski definition) is 3. The van der Waals surface area contributed by atoms with E-state index in [0.717, 1.165) is 12.0 Å². The Bertz CT molecular complexity index is 774. The van der Waals surface area contributed by atoms with E-state index in [-0.39, 0.29) is 17.6 Å². The van der Waals surface area contributed by atoms with E-state index in [1.54, 1.807) is 0 Å². The third kappa shape index (κ3) is 2.35. The van der Waals surface area contributed by atoms with Crippen LogP contribution in [0.1, 0.15) is 32.8 Å². The quantitative estimate of drug-likeness (QED) is 0.801. The predicted molar refractivity (Wildman–Crippen MR) is 95.1 cm³/mol. The molecule has 0 radical (unpaired) electrons. The molecule has 2 aliphatic heterocycles. The Morgan fingerprint density at radius 2 is 1.64 bits per heavy atom. The normalized spacial score (nSPS) is 30.4. The summed E-state index contributed by atoms with van der Waals surface area (Å²) in [4.78, 5) is 14.9. The Hall–Kier alpha value is -2.33. The summed E-state index contributed by atoms with van der Waals surface area (Å²) in [6, 6.07) is 19.4. The highest BCUT2D eigenvalue weighted by atomic mass is 16.6. The summed E-state index contributed by atoms with van der Waals surface area (Å²) >= 11 is 0. The zero-order chi connectivity index (χ0) is 17.7. The van der Waals surface area contributed by atoms with Crippen molar-refractivity contribution < 1.29 is 14.3 Å². The van der Waals surface area contributed by atoms with E-state index in [0.29, 0.717) is 5.75 Å². The van der Waals surface area contributed by atoms with E-state index in [9.17, 15) is 4.79 Å². The van der Waals surface area contributed by atoms with Gasteiger partial charge in [0, 0.05) is 11.1 Å². The van der Waals surface area contributed by atoms with Crippen LogP contribution >= 0.6 is 0 Å². The van der Waals surface area contributed by atoms with Gasteiger partial charge in [0.1, 0.15) is 5.75 Å². The first-order chi connectivity index (χ1) is 11.9. The van der Waals surface area contributed by atoms with E-state index in [1.165, 1.54) is 0 Å². The lowest BCUT2D eigenvalue weighted by molar-refractivity contribution is -0.326. The lowest BCUT2D eigenvalue weighted by atomic mass is 9.76. The molecule has 4 heteroatoms. The van der Waals surface area contributed by atoms with Crippen molar-refractivity contribution in [1.29, 1.82) is 0 Å². The van der Waals surface area contributed by atoms with Crippen molar-refractivity contribution in [3.8, 4) is 5.75 Å². The maximum atomic E-state index is 13.0. The lowest BCUT2D eigenvalue weighted by Gasteiger charge is -2.65. The Labute approximate surface area is 148 Å². The minimum atomic E-state index is -0.880. The molecule has 2 aromatic rings. The molecule has 4 rings (SSSR count). The number of ether oxygens (including phenoxy) is 2. The van der Waals surface area contributed by atoms with Crippen LogP contribution in [0.25, 0.3) is 0 Å². The van der Waals surface area contributed by atoms with Crippen molar-refractivity contribution in [3.63, 3.8) is 0 Å². The third-order valence-electron chi connectivity index (χ3n) is 5.09. The van der Waals surface area contributed by atoms with Gasteiger partial charge in [-0.05, 0) is 39.3 Å². The van der Waals surface area contributed by atoms with E-state index in [1.807, 2.05) is 65.6 Å². The number of benzene rings is 2. The maximum absolute atomic E-state index is 13.0. The molecule has 0 spiro atoms. The van der Waals surface area contributed by atoms with E-state index in [4.69, 9.17) is 9.47 Å². The molecule has 2 aliphatic rings. The summed E-state index contributed by atoms with van der Waals surface area (Å²) in [6.07, 6.45) is 0.145. The zero-order valence-electron chi connectivity index (χ0n) is 14.8. The zero-order valence-corrected chi connectivity index (χ0v) is 14.8. The number of carbonyl (C=O) groups is 1. The van der Waals surface area contributed by atoms with Crippen LogP contribution in [0, 0.1) is 0 Å². The largest absolute Gasteiger partial charge is 0.475 e. The monoisotopic (exact) mass is 337 g/mol. The fraction of sp³-hybridized carbons (Fsp3) is 0.381. The molecular weight excluding hydrogens is 314 g/mol. The number of β-lactam (4-membered cyclic amide) rings is 1. The number of fused-ring (bicyclic) bond motifs is 1. The number of nitrogens with zero attached hydrogens (tertiary/aromatic N) is 1. The molecule has 0 bridgehead atoms. The molecule has 2 fully saturated rings. The van der Waals surface area contributed by atoms with Gasteiger partial charge in [0.05, 0.1) is 6.10 Å². The summed E-state index contributed by atoms with van der Waals surface area (Å²) < 4.78 is 12.5. The summed E-state index contributed by atoms with van der Waals surface area (Å²) in [5, 5.41) is 0. The van der Waals surface area contributed by atoms with Crippen LogP contribution in [-0.2, 0) is 15.3 Å². The number of para-hydroxylation sites is 1. The number of amides is 1. The molecule has 130 valence electrons. The molecule has 0 N–H and O–H groups in total. The van der Waals surface area contributed by atoms with Crippen molar-refractivity contribution in [2.24, 2.45) is 0 Å². The maximum Gasteiger partial charge on any atom is 0.272 e. The molecule has 0 unspecified atom stereocenters. The predicted octanol–water partition coefficient (Wildman–Crippen LogP) is 3.72. The van der Waals surface area contributed by atoms with Gasteiger partial charge >= 0.3 is 0 Å². The first-order valence-corrected chi connectivity index (χ1v) is 8.74. The molecule has 2 saturated heterocycles. The van der Waals surface area contributed by atoms with Crippen molar-refractivity contribution in [1.82, 2.24) is 4.90 Å². The standard InChI is InChI=1S/C21H23NO3/c1-15-14-20(2,3)22-19(23)18(24-17-12-8-5-9-13-17)21(22,25-15)16-10-6-4-7-11-16/h4-13,15,18H,14H2,1-3H3/t15-,18-,21-/m0/s1. The minimum Gasteiger partial charge on any atom is -0.475 e. The van der Waals surface area contributed by atoms with Crippen LogP contribution in [0.5, 0.6) is 5.75 Å². The number of rotatable bonds is 3. The highest BCUT2D eigenvalue weighted by Gasteiger charge is 2.70. The Balaban J connectivity index is 1.80. The van der Waals surface area contributed by atoms with Crippen LogP contribution in [-0.4, -0.2) is 28.6 Å². The van der Waals surface area contributed by atoms with Crippen LogP contribution in [0.4, 0.5) is 0 Å². The third-order valence-corrected chi connectivity index (χ3v) is 5.09. The van der Waals surface area contributed by atoms with Gasteiger partial charge in [-0.25, -0.2) is 0 Å². The topological polar surface area (TPSA) is 38.8 Å². The summed E-state index contributed by atoms with van der Waals surface area (Å²) in [6.45, 7) is 6.26. The van der Waals surface area contributed by atoms with Gasteiger partial charge in [-0.15, -0.1) is 0 Å². The van der Waals surface area contributed by atoms with Gasteiger partial charge < -0.3 is 9.47 Å². The smallest absolute Gasteiger partial charge is 0.272 e. The average molecular weight is 337 g/mol. The second kappa shape index (κ2) is 5.60. The molecular formula is C21H23NO3. The van der Waals surface area contributed by atoms with Gasteiger partial charge in [0.25, 0.3) is 5.91 Å². The van der Waals surface area contributed by atoms with Gasteiger partial charge in [0.15, 0.2) is 0 Å². The number of carbonyl (C=O) groups excluding carboxylic acids is 1. The highest BCUT2D eigenvalue weighted by molar-refractivity contribution is 5.91. The van der Waals surface area contributed by atoms with Crippen LogP contribution in [0.3, 0.4) is 0 Å². The fourth-order valence-corrected chi connectivity index (χ4v) is 4.30. The second-order valence-electron chi connectivity index (χ2n) is 7.49. The van der Waals surface area contributed by atoms with Gasteiger partial charge in [-0.1, -0.05) is 48.5 Å². The summed E-state index contributed by atoms with van der Waals surface area (Å²) in [5.74, 6) is 0.653. The van der Waals surface area contributed by atoms with Gasteiger partial charge in [-0.3, -0.25) is 9.69 Å². The van der Waals surface area contributed by atoms with E-state index >= 15 is 0 Å². The Morgan fingerprint density at radius 1 is 1.04 bits per heavy atom. The SMILES string of the molecule is C[C@H]1CC(C)(C)N2C(=O)[C@H](Oc3ccccc3)[C@]2(c2ccccc2)O1. The molecule has 2 aromatic carbocycles. The van der Waals surface area contributed by atoms with Crippen LogP contribution in [0.2, 0.25) is 0 Å². The van der Waals surface area contributed by atoms with Crippen LogP contribution in [0.15, 0.2) is 60.7 Å². The molecule has 4 nitrogen and oxygen atoms in total. The molecule has 0 saturated carbocycles. The lowest BCUT2D eigenvalue weighted by Crippen LogP contribution is -2.82. The Morgan fingerprint density at radius 3 is 2.28 bits per heavy atom. The van der Waals surface area contributed by atoms with E-state index in [2.05, 4.69) is 20.8 Å². The van der Waals surface area contributed by atoms with Crippen molar-refractivity contribution >= 4 is 5.91 Å². The Kier molecular flexibility index (Phi) is 3.62. The number of hydrogen-bond donors (Lipinski definition) is 0. The molecule has 3 atom stereocenters. The van der Waals surface area contributed by atoms with Crippen molar-refractivity contribution in [2.75, 3.05) is 0 Å². The van der Waals surface area contributed by atoms with Gasteiger partial charge in [0.2, 0.25) is 11.8 Å². The molecule has 1 amide bonds. The van der Waals surface area contributed by atoms with Crippen LogP contribution < -0.4 is 4.74 Å². The highest BCUT2D eigenvalue weighted by Crippen LogP contribution is 2.53. The van der Waals surface area contributed by atoms with Gasteiger partial charge in [-0.2, -0.15) is 0 Å². The molecule has 2 heterocycles.